The van der Waals surface area contributed by atoms with Crippen LogP contribution in [0.1, 0.15) is 55.5 Å². The Morgan fingerprint density at radius 1 is 1.17 bits per heavy atom. The minimum Gasteiger partial charge on any atom is -0.327 e. The summed E-state index contributed by atoms with van der Waals surface area (Å²) in [6, 6.07) is 11.5. The van der Waals surface area contributed by atoms with Gasteiger partial charge in [-0.25, -0.2) is 0 Å². The van der Waals surface area contributed by atoms with Gasteiger partial charge in [0.2, 0.25) is 5.43 Å². The molecule has 2 N–H and O–H groups in total. The number of aromatic nitrogens is 2. The van der Waals surface area contributed by atoms with Gasteiger partial charge in [0.15, 0.2) is 0 Å². The lowest BCUT2D eigenvalue weighted by molar-refractivity contribution is 0.633. The quantitative estimate of drug-likeness (QED) is 0.511. The summed E-state index contributed by atoms with van der Waals surface area (Å²) in [7, 11) is 0. The molecule has 2 aliphatic rings. The summed E-state index contributed by atoms with van der Waals surface area (Å²) in [4.78, 5) is 26.4. The van der Waals surface area contributed by atoms with Crippen molar-refractivity contribution >= 4 is 32.7 Å². The number of nitrogens with zero attached hydrogens (tertiary/aromatic N) is 1. The van der Waals surface area contributed by atoms with Crippen LogP contribution in [-0.2, 0) is 13.0 Å². The Morgan fingerprint density at radius 2 is 2.00 bits per heavy atom. The number of nitrogens with one attached hydrogen (secondary N) is 2. The van der Waals surface area contributed by atoms with Crippen molar-refractivity contribution in [1.29, 1.82) is 0 Å². The first-order valence-electron chi connectivity index (χ1n) is 10.7. The Labute approximate surface area is 177 Å². The molecule has 152 valence electrons. The van der Waals surface area contributed by atoms with Crippen LogP contribution in [0.3, 0.4) is 0 Å². The number of H-pyrrole nitrogens is 1. The second-order valence-electron chi connectivity index (χ2n) is 8.50. The molecule has 1 aliphatic heterocycles. The Kier molecular flexibility index (Phi) is 3.86. The fraction of sp³-hybridized carbons (Fsp3) is 0.333. The molecule has 4 aromatic rings. The number of fused-ring (bicyclic) bond motifs is 3. The third-order valence-corrected chi connectivity index (χ3v) is 7.56. The van der Waals surface area contributed by atoms with Crippen LogP contribution in [0.25, 0.3) is 32.2 Å². The molecule has 6 rings (SSSR count). The van der Waals surface area contributed by atoms with Gasteiger partial charge >= 0.3 is 0 Å². The van der Waals surface area contributed by atoms with Crippen LogP contribution in [0.2, 0.25) is 0 Å². The van der Waals surface area contributed by atoms with E-state index in [1.165, 1.54) is 39.3 Å². The summed E-state index contributed by atoms with van der Waals surface area (Å²) in [5, 5.41) is 4.48. The van der Waals surface area contributed by atoms with Crippen molar-refractivity contribution in [1.82, 2.24) is 14.3 Å². The fourth-order valence-corrected chi connectivity index (χ4v) is 5.94. The number of pyridine rings is 1. The maximum absolute atomic E-state index is 13.2. The molecule has 0 saturated heterocycles. The molecule has 1 atom stereocenters. The maximum atomic E-state index is 13.2. The topological polar surface area (TPSA) is 66.9 Å². The van der Waals surface area contributed by atoms with E-state index in [1.54, 1.807) is 0 Å². The van der Waals surface area contributed by atoms with Crippen molar-refractivity contribution < 1.29 is 0 Å². The molecular weight excluding hydrogens is 394 g/mol. The average Bonchev–Trinajstić information content (AvgIpc) is 3.43. The lowest BCUT2D eigenvalue weighted by Crippen LogP contribution is -2.16. The van der Waals surface area contributed by atoms with Crippen molar-refractivity contribution in [3.05, 3.63) is 67.6 Å². The summed E-state index contributed by atoms with van der Waals surface area (Å²) in [5.74, 6) is 0. The first-order valence-corrected chi connectivity index (χ1v) is 11.5. The highest BCUT2D eigenvalue weighted by molar-refractivity contribution is 7.12. The number of hydrogen-bond acceptors (Lipinski definition) is 4. The smallest absolute Gasteiger partial charge is 0.271 e. The molecular formula is C24H23N3O2S. The van der Waals surface area contributed by atoms with E-state index in [-0.39, 0.29) is 11.0 Å². The van der Waals surface area contributed by atoms with Crippen molar-refractivity contribution in [2.24, 2.45) is 0 Å². The van der Waals surface area contributed by atoms with Gasteiger partial charge in [-0.3, -0.25) is 14.0 Å². The van der Waals surface area contributed by atoms with E-state index in [0.717, 1.165) is 36.2 Å². The van der Waals surface area contributed by atoms with Gasteiger partial charge < -0.3 is 9.88 Å². The molecule has 1 aliphatic carbocycles. The zero-order chi connectivity index (χ0) is 20.6. The highest BCUT2D eigenvalue weighted by Gasteiger charge is 2.30. The lowest BCUT2D eigenvalue weighted by atomic mass is 9.92. The van der Waals surface area contributed by atoms with Crippen molar-refractivity contribution in [2.75, 3.05) is 0 Å². The molecule has 1 fully saturated rings. The largest absolute Gasteiger partial charge is 0.327 e. The van der Waals surface area contributed by atoms with Crippen LogP contribution in [-0.4, -0.2) is 8.94 Å². The number of rotatable bonds is 3. The molecule has 0 unspecified atom stereocenters. The van der Waals surface area contributed by atoms with Gasteiger partial charge in [-0.05, 0) is 77.7 Å². The second-order valence-corrected chi connectivity index (χ2v) is 9.30. The SMILES string of the molecule is CCc1c(-c2ccc3c(c2)CN[C@@H]3C)ccc2c(=O)c3c(=O)[nH]sc3n(C3CC3)c12. The van der Waals surface area contributed by atoms with E-state index in [1.807, 2.05) is 6.07 Å². The van der Waals surface area contributed by atoms with E-state index in [2.05, 4.69) is 52.4 Å². The molecule has 2 aromatic heterocycles. The lowest BCUT2D eigenvalue weighted by Gasteiger charge is -2.18. The summed E-state index contributed by atoms with van der Waals surface area (Å²) >= 11 is 1.29. The van der Waals surface area contributed by atoms with Crippen LogP contribution < -0.4 is 16.3 Å². The van der Waals surface area contributed by atoms with E-state index < -0.39 is 0 Å². The van der Waals surface area contributed by atoms with E-state index in [9.17, 15) is 9.59 Å². The molecule has 30 heavy (non-hydrogen) atoms. The predicted octanol–water partition coefficient (Wildman–Crippen LogP) is 4.63. The van der Waals surface area contributed by atoms with Gasteiger partial charge in [-0.1, -0.05) is 25.1 Å². The summed E-state index contributed by atoms with van der Waals surface area (Å²) in [6.07, 6.45) is 3.01. The maximum Gasteiger partial charge on any atom is 0.271 e. The first kappa shape index (κ1) is 18.1. The summed E-state index contributed by atoms with van der Waals surface area (Å²) in [6.45, 7) is 5.24. The number of hydrogen-bond donors (Lipinski definition) is 2. The Hall–Kier alpha value is -2.70. The highest BCUT2D eigenvalue weighted by Crippen LogP contribution is 2.42. The molecule has 2 aromatic carbocycles. The van der Waals surface area contributed by atoms with Crippen molar-refractivity contribution in [3.8, 4) is 11.1 Å². The van der Waals surface area contributed by atoms with Crippen molar-refractivity contribution in [3.63, 3.8) is 0 Å². The number of aryl methyl sites for hydroxylation is 1. The number of aromatic amines is 1. The molecule has 0 amide bonds. The van der Waals surface area contributed by atoms with E-state index in [0.29, 0.717) is 22.9 Å². The molecule has 5 nitrogen and oxygen atoms in total. The highest BCUT2D eigenvalue weighted by atomic mass is 32.1. The summed E-state index contributed by atoms with van der Waals surface area (Å²) < 4.78 is 5.06. The first-order chi connectivity index (χ1) is 14.6. The molecule has 3 heterocycles. The van der Waals surface area contributed by atoms with Crippen LogP contribution in [0, 0.1) is 0 Å². The Balaban J connectivity index is 1.70. The molecule has 6 heteroatoms. The molecule has 0 radical (unpaired) electrons. The third-order valence-electron chi connectivity index (χ3n) is 6.68. The third kappa shape index (κ3) is 2.44. The minimum absolute atomic E-state index is 0.146. The second kappa shape index (κ2) is 6.40. The Morgan fingerprint density at radius 3 is 2.77 bits per heavy atom. The molecule has 0 spiro atoms. The van der Waals surface area contributed by atoms with Gasteiger partial charge in [0.1, 0.15) is 10.2 Å². The minimum atomic E-state index is -0.265. The van der Waals surface area contributed by atoms with Gasteiger partial charge in [0, 0.05) is 24.0 Å². The normalized spacial score (nSPS) is 18.4. The molecule has 0 bridgehead atoms. The standard InChI is InChI=1S/C24H23N3O2S/c1-3-16-18(13-4-7-17-12(2)25-11-14(17)10-13)8-9-19-21(16)27(15-5-6-15)24-20(22(19)28)23(29)26-30-24/h4,7-10,12,15,25H,3,5-6,11H2,1-2H3,(H,26,29)/t12-/m1/s1. The van der Waals surface area contributed by atoms with Crippen LogP contribution in [0.15, 0.2) is 39.9 Å². The van der Waals surface area contributed by atoms with Gasteiger partial charge in [0.25, 0.3) is 5.56 Å². The summed E-state index contributed by atoms with van der Waals surface area (Å²) in [5.41, 5.74) is 6.89. The van der Waals surface area contributed by atoms with Gasteiger partial charge in [-0.2, -0.15) is 0 Å². The monoisotopic (exact) mass is 417 g/mol. The van der Waals surface area contributed by atoms with Gasteiger partial charge in [-0.15, -0.1) is 0 Å². The van der Waals surface area contributed by atoms with Crippen LogP contribution in [0.5, 0.6) is 0 Å². The van der Waals surface area contributed by atoms with Crippen LogP contribution >= 0.6 is 11.5 Å². The van der Waals surface area contributed by atoms with Crippen molar-refractivity contribution in [2.45, 2.75) is 51.7 Å². The number of benzene rings is 2. The van der Waals surface area contributed by atoms with E-state index >= 15 is 0 Å². The fourth-order valence-electron chi connectivity index (χ4n) is 5.03. The van der Waals surface area contributed by atoms with E-state index in [4.69, 9.17) is 0 Å². The van der Waals surface area contributed by atoms with Gasteiger partial charge in [0.05, 0.1) is 5.52 Å². The van der Waals surface area contributed by atoms with Crippen LogP contribution in [0.4, 0.5) is 0 Å². The zero-order valence-electron chi connectivity index (χ0n) is 17.0. The zero-order valence-corrected chi connectivity index (χ0v) is 17.9. The predicted molar refractivity (Wildman–Crippen MR) is 123 cm³/mol. The Bertz CT molecular complexity index is 1460. The average molecular weight is 418 g/mol. The molecule has 1 saturated carbocycles.